The summed E-state index contributed by atoms with van der Waals surface area (Å²) in [5.74, 6) is 1.24. The highest BCUT2D eigenvalue weighted by atomic mass is 35.5. The number of halogens is 1. The molecule has 7 heteroatoms. The number of nitrogens with zero attached hydrogens (tertiary/aromatic N) is 2. The number of rotatable bonds is 4. The molecule has 6 nitrogen and oxygen atoms in total. The van der Waals surface area contributed by atoms with Gasteiger partial charge in [-0.05, 0) is 45.4 Å². The van der Waals surface area contributed by atoms with Gasteiger partial charge in [-0.3, -0.25) is 4.79 Å². The maximum Gasteiger partial charge on any atom is 0.232 e. The van der Waals surface area contributed by atoms with Gasteiger partial charge in [-0.25, -0.2) is 0 Å². The predicted octanol–water partition coefficient (Wildman–Crippen LogP) is 2.84. The predicted molar refractivity (Wildman–Crippen MR) is 94.5 cm³/mol. The van der Waals surface area contributed by atoms with Gasteiger partial charge in [-0.1, -0.05) is 22.9 Å². The largest absolute Gasteiger partial charge is 0.339 e. The molecule has 1 aromatic carbocycles. The fourth-order valence-corrected chi connectivity index (χ4v) is 2.85. The molecule has 2 heterocycles. The smallest absolute Gasteiger partial charge is 0.232 e. The topological polar surface area (TPSA) is 80.0 Å². The van der Waals surface area contributed by atoms with Gasteiger partial charge in [-0.2, -0.15) is 4.98 Å². The number of amides is 1. The van der Waals surface area contributed by atoms with E-state index in [-0.39, 0.29) is 30.7 Å². The van der Waals surface area contributed by atoms with Crippen LogP contribution in [0.3, 0.4) is 0 Å². The molecule has 1 aromatic heterocycles. The summed E-state index contributed by atoms with van der Waals surface area (Å²) in [6.45, 7) is 5.12. The minimum absolute atomic E-state index is 0. The van der Waals surface area contributed by atoms with Gasteiger partial charge in [-0.15, -0.1) is 12.4 Å². The Balaban J connectivity index is 0.00000208. The maximum atomic E-state index is 12.1. The van der Waals surface area contributed by atoms with E-state index >= 15 is 0 Å². The van der Waals surface area contributed by atoms with Crippen molar-refractivity contribution in [3.05, 3.63) is 41.5 Å². The van der Waals surface area contributed by atoms with Crippen molar-refractivity contribution in [3.8, 4) is 0 Å². The molecule has 0 bridgehead atoms. The molecule has 1 saturated heterocycles. The summed E-state index contributed by atoms with van der Waals surface area (Å²) in [7, 11) is 0. The van der Waals surface area contributed by atoms with Gasteiger partial charge < -0.3 is 15.2 Å². The molecule has 3 rings (SSSR count). The molecule has 0 aliphatic carbocycles. The normalized spacial score (nSPS) is 20.2. The first-order valence-corrected chi connectivity index (χ1v) is 8.02. The minimum Gasteiger partial charge on any atom is -0.339 e. The second-order valence-electron chi connectivity index (χ2n) is 6.22. The van der Waals surface area contributed by atoms with Crippen LogP contribution in [0.15, 0.2) is 28.8 Å². The molecule has 24 heavy (non-hydrogen) atoms. The summed E-state index contributed by atoms with van der Waals surface area (Å²) in [6, 6.07) is 8.13. The van der Waals surface area contributed by atoms with Crippen LogP contribution in [0.4, 0.5) is 5.69 Å². The van der Waals surface area contributed by atoms with Gasteiger partial charge in [0.25, 0.3) is 0 Å². The third kappa shape index (κ3) is 4.79. The molecule has 0 unspecified atom stereocenters. The first kappa shape index (κ1) is 18.4. The highest BCUT2D eigenvalue weighted by Gasteiger charge is 2.25. The van der Waals surface area contributed by atoms with Crippen molar-refractivity contribution in [2.24, 2.45) is 0 Å². The van der Waals surface area contributed by atoms with E-state index in [0.29, 0.717) is 17.8 Å². The lowest BCUT2D eigenvalue weighted by atomic mass is 9.93. The van der Waals surface area contributed by atoms with Crippen LogP contribution in [0.1, 0.15) is 43.0 Å². The molecule has 1 aliphatic heterocycles. The summed E-state index contributed by atoms with van der Waals surface area (Å²) in [5.41, 5.74) is 1.93. The van der Waals surface area contributed by atoms with Crippen molar-refractivity contribution in [1.29, 1.82) is 0 Å². The second-order valence-corrected chi connectivity index (χ2v) is 6.22. The number of aryl methyl sites for hydroxylation is 1. The van der Waals surface area contributed by atoms with E-state index in [1.54, 1.807) is 0 Å². The van der Waals surface area contributed by atoms with Crippen LogP contribution >= 0.6 is 12.4 Å². The first-order valence-electron chi connectivity index (χ1n) is 8.02. The molecule has 0 spiro atoms. The van der Waals surface area contributed by atoms with Gasteiger partial charge in [0.15, 0.2) is 5.82 Å². The first-order chi connectivity index (χ1) is 11.1. The maximum absolute atomic E-state index is 12.1. The van der Waals surface area contributed by atoms with Crippen molar-refractivity contribution in [2.75, 3.05) is 11.9 Å². The molecule has 1 fully saturated rings. The van der Waals surface area contributed by atoms with E-state index in [1.807, 2.05) is 31.2 Å². The molecular formula is C17H23ClN4O2. The van der Waals surface area contributed by atoms with Crippen LogP contribution in [0.25, 0.3) is 0 Å². The van der Waals surface area contributed by atoms with Gasteiger partial charge in [0.2, 0.25) is 11.8 Å². The molecule has 1 aliphatic rings. The third-order valence-corrected chi connectivity index (χ3v) is 4.11. The fraction of sp³-hybridized carbons (Fsp3) is 0.471. The Kier molecular flexibility index (Phi) is 6.34. The van der Waals surface area contributed by atoms with E-state index in [0.717, 1.165) is 30.6 Å². The van der Waals surface area contributed by atoms with Gasteiger partial charge in [0.05, 0.1) is 6.42 Å². The summed E-state index contributed by atoms with van der Waals surface area (Å²) >= 11 is 0. The Morgan fingerprint density at radius 2 is 2.12 bits per heavy atom. The molecule has 1 amide bonds. The lowest BCUT2D eigenvalue weighted by molar-refractivity contribution is -0.115. The molecule has 0 radical (unpaired) electrons. The summed E-state index contributed by atoms with van der Waals surface area (Å²) < 4.78 is 5.35. The Bertz CT molecular complexity index is 671. The Morgan fingerprint density at radius 1 is 1.38 bits per heavy atom. The monoisotopic (exact) mass is 350 g/mol. The number of nitrogens with one attached hydrogen (secondary N) is 2. The second kappa shape index (κ2) is 8.26. The molecule has 2 atom stereocenters. The number of carbonyl (C=O) groups is 1. The van der Waals surface area contributed by atoms with Crippen molar-refractivity contribution >= 4 is 24.0 Å². The van der Waals surface area contributed by atoms with Gasteiger partial charge in [0, 0.05) is 17.6 Å². The SMILES string of the molecule is Cc1ccc(NC(=O)Cc2noc([C@H]3CCN[C@@H](C)C3)n2)cc1.Cl. The highest BCUT2D eigenvalue weighted by Crippen LogP contribution is 2.26. The van der Waals surface area contributed by atoms with E-state index < -0.39 is 0 Å². The van der Waals surface area contributed by atoms with Gasteiger partial charge >= 0.3 is 0 Å². The number of carbonyl (C=O) groups excluding carboxylic acids is 1. The number of anilines is 1. The lowest BCUT2D eigenvalue weighted by Crippen LogP contribution is -2.34. The quantitative estimate of drug-likeness (QED) is 0.886. The van der Waals surface area contributed by atoms with E-state index in [2.05, 4.69) is 27.7 Å². The fourth-order valence-electron chi connectivity index (χ4n) is 2.85. The Labute approximate surface area is 147 Å². The van der Waals surface area contributed by atoms with Crippen molar-refractivity contribution in [2.45, 2.75) is 45.1 Å². The molecule has 2 aromatic rings. The number of piperidine rings is 1. The van der Waals surface area contributed by atoms with Crippen molar-refractivity contribution < 1.29 is 9.32 Å². The molecule has 2 N–H and O–H groups in total. The average molecular weight is 351 g/mol. The van der Waals surface area contributed by atoms with Crippen molar-refractivity contribution in [1.82, 2.24) is 15.5 Å². The zero-order chi connectivity index (χ0) is 16.2. The van der Waals surface area contributed by atoms with Crippen LogP contribution < -0.4 is 10.6 Å². The van der Waals surface area contributed by atoms with E-state index in [4.69, 9.17) is 4.52 Å². The summed E-state index contributed by atoms with van der Waals surface area (Å²) in [4.78, 5) is 16.5. The zero-order valence-corrected chi connectivity index (χ0v) is 14.7. The standard InChI is InChI=1S/C17H22N4O2.ClH/c1-11-3-5-14(6-4-11)19-16(22)10-15-20-17(23-21-15)13-7-8-18-12(2)9-13;/h3-6,12-13,18H,7-10H2,1-2H3,(H,19,22);1H/t12-,13-;/m0./s1. The molecule has 130 valence electrons. The lowest BCUT2D eigenvalue weighted by Gasteiger charge is -2.25. The summed E-state index contributed by atoms with van der Waals surface area (Å²) in [5, 5.41) is 10.2. The Morgan fingerprint density at radius 3 is 2.83 bits per heavy atom. The molecule has 0 saturated carbocycles. The van der Waals surface area contributed by atoms with Crippen LogP contribution in [0, 0.1) is 6.92 Å². The number of hydrogen-bond donors (Lipinski definition) is 2. The number of hydrogen-bond acceptors (Lipinski definition) is 5. The van der Waals surface area contributed by atoms with E-state index in [1.165, 1.54) is 0 Å². The van der Waals surface area contributed by atoms with Crippen LogP contribution in [0.2, 0.25) is 0 Å². The zero-order valence-electron chi connectivity index (χ0n) is 13.9. The number of benzene rings is 1. The van der Waals surface area contributed by atoms with Crippen molar-refractivity contribution in [3.63, 3.8) is 0 Å². The van der Waals surface area contributed by atoms with Crippen LogP contribution in [0.5, 0.6) is 0 Å². The van der Waals surface area contributed by atoms with Crippen LogP contribution in [-0.4, -0.2) is 28.6 Å². The molecular weight excluding hydrogens is 328 g/mol. The highest BCUT2D eigenvalue weighted by molar-refractivity contribution is 5.91. The Hall–Kier alpha value is -1.92. The van der Waals surface area contributed by atoms with Gasteiger partial charge in [0.1, 0.15) is 0 Å². The average Bonchev–Trinajstić information content (AvgIpc) is 2.98. The van der Waals surface area contributed by atoms with Crippen LogP contribution in [-0.2, 0) is 11.2 Å². The third-order valence-electron chi connectivity index (χ3n) is 4.11. The minimum atomic E-state index is -0.139. The number of aromatic nitrogens is 2. The van der Waals surface area contributed by atoms with E-state index in [9.17, 15) is 4.79 Å². The summed E-state index contributed by atoms with van der Waals surface area (Å²) in [6.07, 6.45) is 2.09.